The smallest absolute Gasteiger partial charge is 0.205 e. The Bertz CT molecular complexity index is 1560. The Hall–Kier alpha value is -4.50. The third kappa shape index (κ3) is 3.13. The molecular weight excluding hydrogens is 426 g/mol. The zero-order chi connectivity index (χ0) is 24.0. The molecular formula is C28H23N3O3. The van der Waals surface area contributed by atoms with E-state index in [0.717, 1.165) is 28.2 Å². The zero-order valence-corrected chi connectivity index (χ0v) is 19.1. The van der Waals surface area contributed by atoms with E-state index in [2.05, 4.69) is 10.6 Å². The number of para-hydroxylation sites is 1. The summed E-state index contributed by atoms with van der Waals surface area (Å²) >= 11 is 0. The van der Waals surface area contributed by atoms with Crippen LogP contribution in [-0.2, 0) is 0 Å². The Balaban J connectivity index is 1.87. The van der Waals surface area contributed by atoms with Gasteiger partial charge in [0.25, 0.3) is 0 Å². The largest absolute Gasteiger partial charge is 0.497 e. The van der Waals surface area contributed by atoms with Crippen LogP contribution in [0.4, 0.5) is 0 Å². The number of ether oxygens (including phenoxy) is 2. The predicted molar refractivity (Wildman–Crippen MR) is 131 cm³/mol. The van der Waals surface area contributed by atoms with Gasteiger partial charge in [-0.3, -0.25) is 4.79 Å². The summed E-state index contributed by atoms with van der Waals surface area (Å²) in [6.07, 6.45) is 0. The molecule has 1 aliphatic rings. The molecule has 0 fully saturated rings. The van der Waals surface area contributed by atoms with Crippen LogP contribution in [0.3, 0.4) is 0 Å². The van der Waals surface area contributed by atoms with Gasteiger partial charge >= 0.3 is 0 Å². The van der Waals surface area contributed by atoms with Gasteiger partial charge in [0.05, 0.1) is 23.8 Å². The van der Waals surface area contributed by atoms with Crippen LogP contribution in [-0.4, -0.2) is 11.7 Å². The van der Waals surface area contributed by atoms with Gasteiger partial charge in [0.2, 0.25) is 5.88 Å². The first-order chi connectivity index (χ1) is 16.5. The van der Waals surface area contributed by atoms with E-state index in [1.807, 2.05) is 68.4 Å². The fourth-order valence-corrected chi connectivity index (χ4v) is 4.91. The average Bonchev–Trinajstić information content (AvgIpc) is 3.02. The molecule has 34 heavy (non-hydrogen) atoms. The van der Waals surface area contributed by atoms with E-state index in [-0.39, 0.29) is 11.3 Å². The quantitative estimate of drug-likeness (QED) is 0.484. The maximum atomic E-state index is 13.3. The van der Waals surface area contributed by atoms with Crippen LogP contribution < -0.4 is 20.6 Å². The maximum absolute atomic E-state index is 13.3. The third-order valence-electron chi connectivity index (χ3n) is 6.46. The molecule has 5 rings (SSSR count). The summed E-state index contributed by atoms with van der Waals surface area (Å²) in [4.78, 5) is 13.3. The molecule has 3 aromatic carbocycles. The Morgan fingerprint density at radius 3 is 2.29 bits per heavy atom. The van der Waals surface area contributed by atoms with Crippen molar-refractivity contribution < 1.29 is 9.47 Å². The van der Waals surface area contributed by atoms with E-state index in [4.69, 9.17) is 15.2 Å². The molecule has 1 unspecified atom stereocenters. The molecule has 6 nitrogen and oxygen atoms in total. The van der Waals surface area contributed by atoms with Crippen molar-refractivity contribution in [3.8, 4) is 23.3 Å². The van der Waals surface area contributed by atoms with Crippen LogP contribution in [0.15, 0.2) is 83.0 Å². The van der Waals surface area contributed by atoms with Crippen molar-refractivity contribution in [1.29, 1.82) is 5.26 Å². The normalized spacial score (nSPS) is 14.9. The first-order valence-electron chi connectivity index (χ1n) is 10.9. The van der Waals surface area contributed by atoms with Crippen molar-refractivity contribution in [3.05, 3.63) is 111 Å². The Morgan fingerprint density at radius 1 is 0.971 bits per heavy atom. The Kier molecular flexibility index (Phi) is 5.10. The van der Waals surface area contributed by atoms with Gasteiger partial charge in [-0.2, -0.15) is 5.26 Å². The number of nitrogens with two attached hydrogens (primary N) is 1. The van der Waals surface area contributed by atoms with E-state index < -0.39 is 5.92 Å². The van der Waals surface area contributed by atoms with Crippen molar-refractivity contribution in [1.82, 2.24) is 4.57 Å². The number of nitrogens with zero attached hydrogens (tertiary/aromatic N) is 2. The fraction of sp³-hybridized carbons (Fsp3) is 0.143. The Labute approximate surface area is 197 Å². The van der Waals surface area contributed by atoms with E-state index in [1.54, 1.807) is 19.2 Å². The molecule has 0 bridgehead atoms. The second kappa shape index (κ2) is 8.13. The first-order valence-corrected chi connectivity index (χ1v) is 10.9. The predicted octanol–water partition coefficient (Wildman–Crippen LogP) is 4.83. The van der Waals surface area contributed by atoms with Crippen molar-refractivity contribution in [3.63, 3.8) is 0 Å². The van der Waals surface area contributed by atoms with Crippen molar-refractivity contribution in [2.75, 3.05) is 7.11 Å². The van der Waals surface area contributed by atoms with Gasteiger partial charge in [-0.1, -0.05) is 36.4 Å². The van der Waals surface area contributed by atoms with Gasteiger partial charge in [0, 0.05) is 22.6 Å². The summed E-state index contributed by atoms with van der Waals surface area (Å²) in [7, 11) is 1.60. The van der Waals surface area contributed by atoms with Crippen molar-refractivity contribution in [2.24, 2.45) is 5.73 Å². The number of aryl methyl sites for hydroxylation is 2. The molecule has 0 radical (unpaired) electrons. The van der Waals surface area contributed by atoms with Crippen molar-refractivity contribution in [2.45, 2.75) is 19.8 Å². The molecule has 2 heterocycles. The molecule has 6 heteroatoms. The highest BCUT2D eigenvalue weighted by molar-refractivity contribution is 5.95. The van der Waals surface area contributed by atoms with E-state index in [1.165, 1.54) is 0 Å². The average molecular weight is 450 g/mol. The van der Waals surface area contributed by atoms with Crippen LogP contribution in [0, 0.1) is 25.2 Å². The molecule has 0 saturated heterocycles. The number of fused-ring (bicyclic) bond motifs is 3. The van der Waals surface area contributed by atoms with E-state index in [9.17, 15) is 10.1 Å². The summed E-state index contributed by atoms with van der Waals surface area (Å²) in [6, 6.07) is 22.9. The lowest BCUT2D eigenvalue weighted by molar-refractivity contribution is 0.398. The van der Waals surface area contributed by atoms with Gasteiger partial charge in [0.15, 0.2) is 5.43 Å². The second-order valence-electron chi connectivity index (χ2n) is 8.27. The molecule has 4 aromatic rings. The molecule has 1 aliphatic heterocycles. The minimum Gasteiger partial charge on any atom is -0.497 e. The van der Waals surface area contributed by atoms with Crippen LogP contribution in [0.25, 0.3) is 16.5 Å². The first kappa shape index (κ1) is 21.4. The van der Waals surface area contributed by atoms with Crippen LogP contribution in [0.5, 0.6) is 11.5 Å². The van der Waals surface area contributed by atoms with Gasteiger partial charge in [-0.05, 0) is 49.7 Å². The van der Waals surface area contributed by atoms with Crippen molar-refractivity contribution >= 4 is 10.8 Å². The lowest BCUT2D eigenvalue weighted by Gasteiger charge is -2.26. The van der Waals surface area contributed by atoms with Gasteiger partial charge in [0.1, 0.15) is 23.1 Å². The number of allylic oxidation sites excluding steroid dienone is 1. The Morgan fingerprint density at radius 2 is 1.65 bits per heavy atom. The number of hydrogen-bond donors (Lipinski definition) is 1. The topological polar surface area (TPSA) is 90.3 Å². The lowest BCUT2D eigenvalue weighted by atomic mass is 9.84. The molecule has 2 N–H and O–H groups in total. The highest BCUT2D eigenvalue weighted by Crippen LogP contribution is 2.46. The summed E-state index contributed by atoms with van der Waals surface area (Å²) < 4.78 is 13.4. The highest BCUT2D eigenvalue weighted by Gasteiger charge is 2.33. The monoisotopic (exact) mass is 449 g/mol. The summed E-state index contributed by atoms with van der Waals surface area (Å²) in [5, 5.41) is 11.2. The number of hydrogen-bond acceptors (Lipinski definition) is 5. The number of aromatic nitrogens is 1. The maximum Gasteiger partial charge on any atom is 0.205 e. The van der Waals surface area contributed by atoms with Gasteiger partial charge in [-0.25, -0.2) is 0 Å². The van der Waals surface area contributed by atoms with Crippen LogP contribution in [0.2, 0.25) is 0 Å². The summed E-state index contributed by atoms with van der Waals surface area (Å²) in [5.74, 6) is 0.778. The molecule has 1 atom stereocenters. The molecule has 168 valence electrons. The standard InChI is InChI=1S/C28H23N3O3/c1-16-24-23(32)14-13-21-26(18-9-11-20(33-3)12-10-18)22(15-29)28(30)34-27(21)25(24)17(2)31(16)19-7-5-4-6-8-19/h4-14,26H,30H2,1-3H3. The summed E-state index contributed by atoms with van der Waals surface area (Å²) in [6.45, 7) is 3.90. The second-order valence-corrected chi connectivity index (χ2v) is 8.27. The van der Waals surface area contributed by atoms with Gasteiger partial charge < -0.3 is 19.8 Å². The molecule has 0 aliphatic carbocycles. The SMILES string of the molecule is COc1ccc(C2C(C#N)=C(N)Oc3c2ccc(=O)c2c(C)n(-c4ccccc4)c(C)c32)cc1. The minimum absolute atomic E-state index is 0.0419. The lowest BCUT2D eigenvalue weighted by Crippen LogP contribution is -2.20. The molecule has 1 aromatic heterocycles. The molecule has 0 saturated carbocycles. The fourth-order valence-electron chi connectivity index (χ4n) is 4.91. The third-order valence-corrected chi connectivity index (χ3v) is 6.46. The summed E-state index contributed by atoms with van der Waals surface area (Å²) in [5.41, 5.74) is 10.7. The van der Waals surface area contributed by atoms with E-state index >= 15 is 0 Å². The number of benzene rings is 2. The van der Waals surface area contributed by atoms with Gasteiger partial charge in [-0.15, -0.1) is 0 Å². The number of methoxy groups -OCH3 is 1. The molecule has 0 spiro atoms. The molecule has 0 amide bonds. The highest BCUT2D eigenvalue weighted by atomic mass is 16.5. The van der Waals surface area contributed by atoms with Crippen LogP contribution >= 0.6 is 0 Å². The van der Waals surface area contributed by atoms with E-state index in [0.29, 0.717) is 27.8 Å². The van der Waals surface area contributed by atoms with Crippen LogP contribution in [0.1, 0.15) is 28.4 Å². The number of rotatable bonds is 3. The zero-order valence-electron chi connectivity index (χ0n) is 19.1. The minimum atomic E-state index is -0.477. The number of nitriles is 1.